The predicted molar refractivity (Wildman–Crippen MR) is 50.1 cm³/mol. The first-order valence-electron chi connectivity index (χ1n) is 3.80. The number of aliphatic hydroxyl groups is 1. The van der Waals surface area contributed by atoms with Gasteiger partial charge in [-0.1, -0.05) is 23.7 Å². The minimum atomic E-state index is -0.552. The SMILES string of the molecule is C[C@H](O)[C@@H](N)c1cccc(Cl)c1. The van der Waals surface area contributed by atoms with E-state index in [1.54, 1.807) is 19.1 Å². The molecule has 0 aliphatic rings. The molecule has 0 aliphatic heterocycles. The predicted octanol–water partition coefficient (Wildman–Crippen LogP) is 1.72. The molecule has 66 valence electrons. The van der Waals surface area contributed by atoms with Crippen molar-refractivity contribution in [2.75, 3.05) is 0 Å². The van der Waals surface area contributed by atoms with Crippen molar-refractivity contribution in [2.24, 2.45) is 5.73 Å². The summed E-state index contributed by atoms with van der Waals surface area (Å²) in [6.07, 6.45) is -0.552. The average Bonchev–Trinajstić information content (AvgIpc) is 2.03. The van der Waals surface area contributed by atoms with Crippen molar-refractivity contribution in [1.29, 1.82) is 0 Å². The highest BCUT2D eigenvalue weighted by atomic mass is 35.5. The van der Waals surface area contributed by atoms with Crippen LogP contribution in [-0.2, 0) is 0 Å². The van der Waals surface area contributed by atoms with Crippen LogP contribution in [0.4, 0.5) is 0 Å². The van der Waals surface area contributed by atoms with Gasteiger partial charge in [-0.05, 0) is 24.6 Å². The lowest BCUT2D eigenvalue weighted by Gasteiger charge is -2.14. The maximum atomic E-state index is 9.20. The lowest BCUT2D eigenvalue weighted by molar-refractivity contribution is 0.164. The standard InChI is InChI=1S/C9H12ClNO/c1-6(12)9(11)7-3-2-4-8(10)5-7/h2-6,9,12H,11H2,1H3/t6-,9+/m0/s1. The lowest BCUT2D eigenvalue weighted by Crippen LogP contribution is -2.22. The Morgan fingerprint density at radius 3 is 2.67 bits per heavy atom. The molecule has 0 amide bonds. The Bertz CT molecular complexity index is 262. The molecule has 0 fully saturated rings. The van der Waals surface area contributed by atoms with Gasteiger partial charge < -0.3 is 10.8 Å². The third kappa shape index (κ3) is 2.21. The number of aliphatic hydroxyl groups excluding tert-OH is 1. The highest BCUT2D eigenvalue weighted by Gasteiger charge is 2.11. The summed E-state index contributed by atoms with van der Waals surface area (Å²) in [4.78, 5) is 0. The van der Waals surface area contributed by atoms with Gasteiger partial charge in [0.1, 0.15) is 0 Å². The molecule has 0 radical (unpaired) electrons. The Morgan fingerprint density at radius 2 is 2.17 bits per heavy atom. The monoisotopic (exact) mass is 185 g/mol. The average molecular weight is 186 g/mol. The van der Waals surface area contributed by atoms with E-state index in [2.05, 4.69) is 0 Å². The highest BCUT2D eigenvalue weighted by Crippen LogP contribution is 2.18. The summed E-state index contributed by atoms with van der Waals surface area (Å²) in [5.74, 6) is 0. The normalized spacial score (nSPS) is 15.7. The van der Waals surface area contributed by atoms with E-state index in [9.17, 15) is 5.11 Å². The van der Waals surface area contributed by atoms with E-state index in [1.807, 2.05) is 12.1 Å². The van der Waals surface area contributed by atoms with Gasteiger partial charge in [0.25, 0.3) is 0 Å². The smallest absolute Gasteiger partial charge is 0.0704 e. The van der Waals surface area contributed by atoms with Crippen molar-refractivity contribution < 1.29 is 5.11 Å². The second-order valence-corrected chi connectivity index (χ2v) is 3.26. The van der Waals surface area contributed by atoms with Gasteiger partial charge in [0, 0.05) is 5.02 Å². The van der Waals surface area contributed by atoms with Crippen molar-refractivity contribution in [3.05, 3.63) is 34.9 Å². The molecule has 0 saturated heterocycles. The van der Waals surface area contributed by atoms with Crippen molar-refractivity contribution in [1.82, 2.24) is 0 Å². The molecule has 0 heterocycles. The minimum Gasteiger partial charge on any atom is -0.391 e. The number of rotatable bonds is 2. The number of hydrogen-bond donors (Lipinski definition) is 2. The van der Waals surface area contributed by atoms with E-state index in [-0.39, 0.29) is 6.04 Å². The summed E-state index contributed by atoms with van der Waals surface area (Å²) < 4.78 is 0. The first-order valence-corrected chi connectivity index (χ1v) is 4.18. The van der Waals surface area contributed by atoms with Gasteiger partial charge in [-0.3, -0.25) is 0 Å². The van der Waals surface area contributed by atoms with Gasteiger partial charge in [-0.25, -0.2) is 0 Å². The molecule has 0 aliphatic carbocycles. The van der Waals surface area contributed by atoms with Crippen LogP contribution in [-0.4, -0.2) is 11.2 Å². The van der Waals surface area contributed by atoms with Crippen molar-refractivity contribution >= 4 is 11.6 Å². The molecule has 3 N–H and O–H groups in total. The Kier molecular flexibility index (Phi) is 3.09. The summed E-state index contributed by atoms with van der Waals surface area (Å²) in [7, 11) is 0. The van der Waals surface area contributed by atoms with Crippen LogP contribution in [0.3, 0.4) is 0 Å². The molecule has 3 heteroatoms. The van der Waals surface area contributed by atoms with Gasteiger partial charge in [-0.15, -0.1) is 0 Å². The Hall–Kier alpha value is -0.570. The molecule has 0 aromatic heterocycles. The van der Waals surface area contributed by atoms with Crippen LogP contribution in [0, 0.1) is 0 Å². The lowest BCUT2D eigenvalue weighted by atomic mass is 10.0. The Labute approximate surface area is 77.0 Å². The van der Waals surface area contributed by atoms with E-state index in [4.69, 9.17) is 17.3 Å². The van der Waals surface area contributed by atoms with E-state index in [0.717, 1.165) is 5.56 Å². The van der Waals surface area contributed by atoms with Crippen LogP contribution in [0.15, 0.2) is 24.3 Å². The van der Waals surface area contributed by atoms with Gasteiger partial charge in [0.15, 0.2) is 0 Å². The van der Waals surface area contributed by atoms with Gasteiger partial charge in [0.05, 0.1) is 12.1 Å². The van der Waals surface area contributed by atoms with Crippen LogP contribution in [0.1, 0.15) is 18.5 Å². The molecular weight excluding hydrogens is 174 g/mol. The van der Waals surface area contributed by atoms with Crippen molar-refractivity contribution in [3.8, 4) is 0 Å². The summed E-state index contributed by atoms with van der Waals surface area (Å²) in [6.45, 7) is 1.66. The van der Waals surface area contributed by atoms with Crippen LogP contribution in [0.2, 0.25) is 5.02 Å². The van der Waals surface area contributed by atoms with Crippen molar-refractivity contribution in [2.45, 2.75) is 19.1 Å². The summed E-state index contributed by atoms with van der Waals surface area (Å²) in [5, 5.41) is 9.84. The van der Waals surface area contributed by atoms with Crippen LogP contribution < -0.4 is 5.73 Å². The first kappa shape index (κ1) is 9.52. The molecule has 2 nitrogen and oxygen atoms in total. The molecule has 1 aromatic rings. The van der Waals surface area contributed by atoms with Gasteiger partial charge in [-0.2, -0.15) is 0 Å². The fourth-order valence-electron chi connectivity index (χ4n) is 0.992. The van der Waals surface area contributed by atoms with Gasteiger partial charge >= 0.3 is 0 Å². The zero-order valence-electron chi connectivity index (χ0n) is 6.87. The van der Waals surface area contributed by atoms with Crippen molar-refractivity contribution in [3.63, 3.8) is 0 Å². The zero-order valence-corrected chi connectivity index (χ0v) is 7.62. The quantitative estimate of drug-likeness (QED) is 0.737. The third-order valence-corrected chi connectivity index (χ3v) is 1.99. The number of halogens is 1. The molecule has 1 aromatic carbocycles. The number of nitrogens with two attached hydrogens (primary N) is 1. The maximum Gasteiger partial charge on any atom is 0.0704 e. The largest absolute Gasteiger partial charge is 0.391 e. The first-order chi connectivity index (χ1) is 5.61. The third-order valence-electron chi connectivity index (χ3n) is 1.75. The molecule has 0 unspecified atom stereocenters. The fraction of sp³-hybridized carbons (Fsp3) is 0.333. The number of benzene rings is 1. The molecule has 0 bridgehead atoms. The fourth-order valence-corrected chi connectivity index (χ4v) is 1.19. The summed E-state index contributed by atoms with van der Waals surface area (Å²) in [6, 6.07) is 6.85. The minimum absolute atomic E-state index is 0.358. The molecular formula is C9H12ClNO. The number of hydrogen-bond acceptors (Lipinski definition) is 2. The van der Waals surface area contributed by atoms with E-state index >= 15 is 0 Å². The second-order valence-electron chi connectivity index (χ2n) is 2.82. The topological polar surface area (TPSA) is 46.2 Å². The van der Waals surface area contributed by atoms with Crippen LogP contribution >= 0.6 is 11.6 Å². The Balaban J connectivity index is 2.88. The molecule has 0 saturated carbocycles. The second kappa shape index (κ2) is 3.90. The molecule has 0 spiro atoms. The summed E-state index contributed by atoms with van der Waals surface area (Å²) in [5.41, 5.74) is 6.56. The van der Waals surface area contributed by atoms with Crippen LogP contribution in [0.5, 0.6) is 0 Å². The molecule has 2 atom stereocenters. The Morgan fingerprint density at radius 1 is 1.50 bits per heavy atom. The molecule has 12 heavy (non-hydrogen) atoms. The van der Waals surface area contributed by atoms with E-state index in [1.165, 1.54) is 0 Å². The zero-order chi connectivity index (χ0) is 9.14. The van der Waals surface area contributed by atoms with E-state index < -0.39 is 6.10 Å². The van der Waals surface area contributed by atoms with E-state index in [0.29, 0.717) is 5.02 Å². The van der Waals surface area contributed by atoms with Crippen LogP contribution in [0.25, 0.3) is 0 Å². The maximum absolute atomic E-state index is 9.20. The summed E-state index contributed by atoms with van der Waals surface area (Å²) >= 11 is 5.76. The van der Waals surface area contributed by atoms with Gasteiger partial charge in [0.2, 0.25) is 0 Å². The highest BCUT2D eigenvalue weighted by molar-refractivity contribution is 6.30. The molecule has 1 rings (SSSR count).